The highest BCUT2D eigenvalue weighted by Gasteiger charge is 2.13. The summed E-state index contributed by atoms with van der Waals surface area (Å²) in [4.78, 5) is 19.2. The molecule has 0 bridgehead atoms. The summed E-state index contributed by atoms with van der Waals surface area (Å²) < 4.78 is 5.17. The van der Waals surface area contributed by atoms with Crippen molar-refractivity contribution in [3.05, 3.63) is 30.2 Å². The van der Waals surface area contributed by atoms with Gasteiger partial charge in [-0.15, -0.1) is 0 Å². The lowest BCUT2D eigenvalue weighted by Gasteiger charge is -2.10. The second-order valence-corrected chi connectivity index (χ2v) is 4.04. The second-order valence-electron chi connectivity index (χ2n) is 4.04. The van der Waals surface area contributed by atoms with Gasteiger partial charge in [-0.25, -0.2) is 14.8 Å². The summed E-state index contributed by atoms with van der Waals surface area (Å²) in [5.41, 5.74) is -0.0699. The van der Waals surface area contributed by atoms with E-state index in [1.54, 1.807) is 12.1 Å². The highest BCUT2D eigenvalue weighted by molar-refractivity contribution is 5.86. The molecule has 2 aromatic heterocycles. The fourth-order valence-electron chi connectivity index (χ4n) is 1.44. The Morgan fingerprint density at radius 1 is 1.44 bits per heavy atom. The molecule has 0 aliphatic heterocycles. The van der Waals surface area contributed by atoms with Crippen molar-refractivity contribution in [2.45, 2.75) is 19.9 Å². The maximum Gasteiger partial charge on any atom is 0.354 e. The van der Waals surface area contributed by atoms with Gasteiger partial charge in [0.1, 0.15) is 5.82 Å². The Bertz CT molecular complexity index is 550. The van der Waals surface area contributed by atoms with Crippen LogP contribution in [0, 0.1) is 0 Å². The van der Waals surface area contributed by atoms with Gasteiger partial charge in [-0.1, -0.05) is 0 Å². The van der Waals surface area contributed by atoms with Gasteiger partial charge in [0.2, 0.25) is 0 Å². The summed E-state index contributed by atoms with van der Waals surface area (Å²) in [5.74, 6) is 0.0498. The average molecular weight is 247 g/mol. The molecule has 94 valence electrons. The van der Waals surface area contributed by atoms with Crippen LogP contribution in [-0.4, -0.2) is 27.1 Å². The van der Waals surface area contributed by atoms with Crippen LogP contribution in [-0.2, 0) is 0 Å². The minimum Gasteiger partial charge on any atom is -0.477 e. The second kappa shape index (κ2) is 4.87. The Balaban J connectivity index is 2.46. The van der Waals surface area contributed by atoms with Gasteiger partial charge in [0.25, 0.3) is 0 Å². The molecule has 2 aromatic rings. The van der Waals surface area contributed by atoms with Crippen LogP contribution in [0.2, 0.25) is 0 Å². The van der Waals surface area contributed by atoms with Crippen LogP contribution < -0.4 is 5.32 Å². The van der Waals surface area contributed by atoms with E-state index in [1.165, 1.54) is 12.3 Å². The third-order valence-corrected chi connectivity index (χ3v) is 2.12. The molecule has 0 spiro atoms. The Kier molecular flexibility index (Phi) is 3.27. The molecule has 2 N–H and O–H groups in total. The summed E-state index contributed by atoms with van der Waals surface area (Å²) in [7, 11) is 0. The van der Waals surface area contributed by atoms with Crippen molar-refractivity contribution in [1.29, 1.82) is 0 Å². The first-order valence-corrected chi connectivity index (χ1v) is 5.49. The first-order chi connectivity index (χ1) is 8.56. The normalized spacial score (nSPS) is 10.6. The number of aromatic carboxylic acids is 1. The Hall–Kier alpha value is -2.37. The van der Waals surface area contributed by atoms with Crippen LogP contribution >= 0.6 is 0 Å². The monoisotopic (exact) mass is 247 g/mol. The van der Waals surface area contributed by atoms with Crippen LogP contribution in [0.15, 0.2) is 28.9 Å². The zero-order valence-electron chi connectivity index (χ0n) is 10.0. The van der Waals surface area contributed by atoms with Crippen molar-refractivity contribution in [2.24, 2.45) is 0 Å². The molecule has 18 heavy (non-hydrogen) atoms. The topological polar surface area (TPSA) is 88.2 Å². The molecule has 0 fully saturated rings. The quantitative estimate of drug-likeness (QED) is 0.861. The first-order valence-electron chi connectivity index (χ1n) is 5.49. The third-order valence-electron chi connectivity index (χ3n) is 2.12. The summed E-state index contributed by atoms with van der Waals surface area (Å²) in [5, 5.41) is 12.1. The number of furan rings is 1. The molecule has 0 aliphatic rings. The molecule has 0 saturated heterocycles. The van der Waals surface area contributed by atoms with Crippen molar-refractivity contribution >= 4 is 11.8 Å². The maximum absolute atomic E-state index is 11.0. The van der Waals surface area contributed by atoms with E-state index in [2.05, 4.69) is 15.3 Å². The molecule has 6 nitrogen and oxygen atoms in total. The number of carboxylic acids is 1. The Morgan fingerprint density at radius 3 is 2.78 bits per heavy atom. The molecule has 0 saturated carbocycles. The van der Waals surface area contributed by atoms with E-state index in [1.807, 2.05) is 13.8 Å². The predicted octanol–water partition coefficient (Wildman–Crippen LogP) is 2.26. The van der Waals surface area contributed by atoms with Gasteiger partial charge in [0, 0.05) is 12.1 Å². The van der Waals surface area contributed by atoms with E-state index >= 15 is 0 Å². The molecule has 0 aromatic carbocycles. The van der Waals surface area contributed by atoms with E-state index in [-0.39, 0.29) is 17.6 Å². The molecule has 0 radical (unpaired) electrons. The molecule has 0 atom stereocenters. The lowest BCUT2D eigenvalue weighted by Crippen LogP contribution is -2.13. The molecule has 0 aliphatic carbocycles. The van der Waals surface area contributed by atoms with Crippen molar-refractivity contribution in [3.8, 4) is 11.6 Å². The van der Waals surface area contributed by atoms with Crippen LogP contribution in [0.1, 0.15) is 24.3 Å². The van der Waals surface area contributed by atoms with Gasteiger partial charge in [-0.2, -0.15) is 0 Å². The van der Waals surface area contributed by atoms with Gasteiger partial charge in [-0.05, 0) is 26.0 Å². The summed E-state index contributed by atoms with van der Waals surface area (Å²) in [6, 6.07) is 4.92. The number of carboxylic acid groups (broad SMARTS) is 1. The van der Waals surface area contributed by atoms with Crippen molar-refractivity contribution in [2.75, 3.05) is 5.32 Å². The Labute approximate surface area is 104 Å². The summed E-state index contributed by atoms with van der Waals surface area (Å²) in [6.45, 7) is 3.88. The van der Waals surface area contributed by atoms with Crippen molar-refractivity contribution in [1.82, 2.24) is 9.97 Å². The van der Waals surface area contributed by atoms with E-state index in [4.69, 9.17) is 9.52 Å². The van der Waals surface area contributed by atoms with Gasteiger partial charge >= 0.3 is 5.97 Å². The standard InChI is InChI=1S/C12H13N3O3/c1-7(2)13-10-6-8(12(16)17)14-11(15-10)9-4-3-5-18-9/h3-7H,1-2H3,(H,16,17)(H,13,14,15). The van der Waals surface area contributed by atoms with E-state index < -0.39 is 5.97 Å². The number of carbonyl (C=O) groups is 1. The lowest BCUT2D eigenvalue weighted by molar-refractivity contribution is 0.0690. The number of nitrogens with zero attached hydrogens (tertiary/aromatic N) is 2. The molecular formula is C12H13N3O3. The lowest BCUT2D eigenvalue weighted by atomic mass is 10.3. The molecule has 6 heteroatoms. The first kappa shape index (κ1) is 12.1. The number of hydrogen-bond acceptors (Lipinski definition) is 5. The number of aromatic nitrogens is 2. The fraction of sp³-hybridized carbons (Fsp3) is 0.250. The van der Waals surface area contributed by atoms with Crippen LogP contribution in [0.25, 0.3) is 11.6 Å². The maximum atomic E-state index is 11.0. The molecule has 2 heterocycles. The molecule has 0 unspecified atom stereocenters. The van der Waals surface area contributed by atoms with Gasteiger partial charge in [0.15, 0.2) is 17.3 Å². The van der Waals surface area contributed by atoms with Gasteiger partial charge in [-0.3, -0.25) is 0 Å². The minimum atomic E-state index is -1.10. The number of anilines is 1. The molecule has 0 amide bonds. The number of nitrogens with one attached hydrogen (secondary N) is 1. The highest BCUT2D eigenvalue weighted by atomic mass is 16.4. The fourth-order valence-corrected chi connectivity index (χ4v) is 1.44. The largest absolute Gasteiger partial charge is 0.477 e. The zero-order chi connectivity index (χ0) is 13.1. The van der Waals surface area contributed by atoms with E-state index in [0.29, 0.717) is 11.6 Å². The number of hydrogen-bond donors (Lipinski definition) is 2. The zero-order valence-corrected chi connectivity index (χ0v) is 10.0. The SMILES string of the molecule is CC(C)Nc1cc(C(=O)O)nc(-c2ccco2)n1. The van der Waals surface area contributed by atoms with E-state index in [0.717, 1.165) is 0 Å². The predicted molar refractivity (Wildman–Crippen MR) is 65.5 cm³/mol. The molecular weight excluding hydrogens is 234 g/mol. The van der Waals surface area contributed by atoms with Gasteiger partial charge < -0.3 is 14.8 Å². The smallest absolute Gasteiger partial charge is 0.354 e. The van der Waals surface area contributed by atoms with Crippen molar-refractivity contribution < 1.29 is 14.3 Å². The van der Waals surface area contributed by atoms with Crippen LogP contribution in [0.5, 0.6) is 0 Å². The van der Waals surface area contributed by atoms with Crippen LogP contribution in [0.3, 0.4) is 0 Å². The highest BCUT2D eigenvalue weighted by Crippen LogP contribution is 2.18. The molecule has 2 rings (SSSR count). The Morgan fingerprint density at radius 2 is 2.22 bits per heavy atom. The van der Waals surface area contributed by atoms with Gasteiger partial charge in [0.05, 0.1) is 6.26 Å². The summed E-state index contributed by atoms with van der Waals surface area (Å²) in [6.07, 6.45) is 1.49. The van der Waals surface area contributed by atoms with E-state index in [9.17, 15) is 4.79 Å². The average Bonchev–Trinajstić information content (AvgIpc) is 2.80. The van der Waals surface area contributed by atoms with Crippen LogP contribution in [0.4, 0.5) is 5.82 Å². The third kappa shape index (κ3) is 2.65. The summed E-state index contributed by atoms with van der Waals surface area (Å²) >= 11 is 0. The van der Waals surface area contributed by atoms with Crippen molar-refractivity contribution in [3.63, 3.8) is 0 Å². The number of rotatable bonds is 4. The minimum absolute atomic E-state index is 0.0699.